The van der Waals surface area contributed by atoms with Gasteiger partial charge in [-0.15, -0.1) is 0 Å². The number of methoxy groups -OCH3 is 1. The molecule has 1 amide bonds. The van der Waals surface area contributed by atoms with Crippen LogP contribution in [-0.2, 0) is 16.0 Å². The first-order chi connectivity index (χ1) is 15.5. The van der Waals surface area contributed by atoms with Crippen molar-refractivity contribution in [3.05, 3.63) is 101 Å². The van der Waals surface area contributed by atoms with Crippen molar-refractivity contribution in [3.8, 4) is 5.75 Å². The molecule has 4 rings (SSSR count). The predicted molar refractivity (Wildman–Crippen MR) is 116 cm³/mol. The Labute approximate surface area is 184 Å². The molecule has 1 atom stereocenters. The lowest BCUT2D eigenvalue weighted by Crippen LogP contribution is -2.31. The van der Waals surface area contributed by atoms with Crippen LogP contribution in [0.15, 0.2) is 78.6 Å². The van der Waals surface area contributed by atoms with Crippen LogP contribution < -0.4 is 4.74 Å². The number of aliphatic hydroxyl groups is 1. The number of rotatable bonds is 6. The standard InChI is InChI=1S/C25H21FN2O4/c1-32-20-10-6-17(7-11-20)23(29)21-22(18-3-2-13-27-15-18)28(25(31)24(21)30)14-12-16-4-8-19(26)9-5-16/h2-11,13,15,22,29H,12,14H2,1H3/b23-21-. The van der Waals surface area contributed by atoms with E-state index in [0.29, 0.717) is 23.3 Å². The van der Waals surface area contributed by atoms with Crippen LogP contribution in [0.2, 0.25) is 0 Å². The van der Waals surface area contributed by atoms with E-state index in [0.717, 1.165) is 5.56 Å². The molecule has 6 nitrogen and oxygen atoms in total. The van der Waals surface area contributed by atoms with Crippen LogP contribution in [0.4, 0.5) is 4.39 Å². The molecule has 0 aliphatic carbocycles. The minimum Gasteiger partial charge on any atom is -0.507 e. The van der Waals surface area contributed by atoms with E-state index in [-0.39, 0.29) is 23.7 Å². The van der Waals surface area contributed by atoms with Gasteiger partial charge in [-0.1, -0.05) is 18.2 Å². The highest BCUT2D eigenvalue weighted by atomic mass is 19.1. The number of aromatic nitrogens is 1. The maximum absolute atomic E-state index is 13.2. The minimum absolute atomic E-state index is 0.00673. The van der Waals surface area contributed by atoms with Gasteiger partial charge >= 0.3 is 0 Å². The normalized spacial score (nSPS) is 17.6. The molecule has 32 heavy (non-hydrogen) atoms. The fraction of sp³-hybridized carbons (Fsp3) is 0.160. The molecule has 7 heteroatoms. The Morgan fingerprint density at radius 2 is 1.81 bits per heavy atom. The second-order valence-electron chi connectivity index (χ2n) is 7.38. The van der Waals surface area contributed by atoms with Gasteiger partial charge in [0.2, 0.25) is 0 Å². The summed E-state index contributed by atoms with van der Waals surface area (Å²) in [6.45, 7) is 0.217. The number of amides is 1. The summed E-state index contributed by atoms with van der Waals surface area (Å²) in [5, 5.41) is 11.0. The first-order valence-electron chi connectivity index (χ1n) is 10.1. The molecule has 2 heterocycles. The molecule has 0 saturated carbocycles. The lowest BCUT2D eigenvalue weighted by atomic mass is 9.96. The summed E-state index contributed by atoms with van der Waals surface area (Å²) >= 11 is 0. The van der Waals surface area contributed by atoms with Gasteiger partial charge in [-0.05, 0) is 60.0 Å². The van der Waals surface area contributed by atoms with E-state index in [9.17, 15) is 19.1 Å². The number of hydrogen-bond donors (Lipinski definition) is 1. The summed E-state index contributed by atoms with van der Waals surface area (Å²) in [7, 11) is 1.53. The Balaban J connectivity index is 1.73. The third-order valence-electron chi connectivity index (χ3n) is 5.46. The molecule has 1 fully saturated rings. The molecule has 0 bridgehead atoms. The molecule has 1 saturated heterocycles. The first kappa shape index (κ1) is 21.2. The largest absolute Gasteiger partial charge is 0.507 e. The average molecular weight is 432 g/mol. The van der Waals surface area contributed by atoms with Crippen molar-refractivity contribution in [3.63, 3.8) is 0 Å². The van der Waals surface area contributed by atoms with E-state index in [1.54, 1.807) is 60.9 Å². The van der Waals surface area contributed by atoms with Crippen LogP contribution >= 0.6 is 0 Å². The summed E-state index contributed by atoms with van der Waals surface area (Å²) < 4.78 is 18.4. The van der Waals surface area contributed by atoms with Crippen molar-refractivity contribution in [2.24, 2.45) is 0 Å². The molecule has 1 aromatic heterocycles. The number of ketones is 1. The molecule has 1 N–H and O–H groups in total. The molecule has 3 aromatic rings. The molecular weight excluding hydrogens is 411 g/mol. The molecule has 0 radical (unpaired) electrons. The van der Waals surface area contributed by atoms with Gasteiger partial charge in [0, 0.05) is 24.5 Å². The number of halogens is 1. The summed E-state index contributed by atoms with van der Waals surface area (Å²) in [4.78, 5) is 31.5. The zero-order valence-corrected chi connectivity index (χ0v) is 17.4. The smallest absolute Gasteiger partial charge is 0.295 e. The Morgan fingerprint density at radius 1 is 1.09 bits per heavy atom. The SMILES string of the molecule is COc1ccc(/C(O)=C2/C(=O)C(=O)N(CCc3ccc(F)cc3)C2c2cccnc2)cc1. The third kappa shape index (κ3) is 4.09. The monoisotopic (exact) mass is 432 g/mol. The number of benzene rings is 2. The topological polar surface area (TPSA) is 79.7 Å². The minimum atomic E-state index is -0.786. The van der Waals surface area contributed by atoms with E-state index in [2.05, 4.69) is 4.98 Å². The van der Waals surface area contributed by atoms with Gasteiger partial charge in [0.1, 0.15) is 17.3 Å². The second kappa shape index (κ2) is 9.01. The number of carbonyl (C=O) groups is 2. The first-order valence-corrected chi connectivity index (χ1v) is 10.1. The summed E-state index contributed by atoms with van der Waals surface area (Å²) in [6, 6.07) is 15.3. The Morgan fingerprint density at radius 3 is 2.44 bits per heavy atom. The molecule has 0 spiro atoms. The Hall–Kier alpha value is -4.00. The highest BCUT2D eigenvalue weighted by molar-refractivity contribution is 6.46. The van der Waals surface area contributed by atoms with E-state index in [1.165, 1.54) is 24.1 Å². The van der Waals surface area contributed by atoms with Gasteiger partial charge in [0.05, 0.1) is 18.7 Å². The summed E-state index contributed by atoms with van der Waals surface area (Å²) in [6.07, 6.45) is 3.59. The van der Waals surface area contributed by atoms with Crippen molar-refractivity contribution in [2.45, 2.75) is 12.5 Å². The number of ether oxygens (including phenoxy) is 1. The number of nitrogens with zero attached hydrogens (tertiary/aromatic N) is 2. The fourth-order valence-electron chi connectivity index (χ4n) is 3.80. The quantitative estimate of drug-likeness (QED) is 0.363. The zero-order valence-electron chi connectivity index (χ0n) is 17.4. The van der Waals surface area contributed by atoms with Crippen LogP contribution in [0.25, 0.3) is 5.76 Å². The van der Waals surface area contributed by atoms with Gasteiger partial charge in [-0.3, -0.25) is 14.6 Å². The fourth-order valence-corrected chi connectivity index (χ4v) is 3.80. The van der Waals surface area contributed by atoms with Gasteiger partial charge in [-0.25, -0.2) is 4.39 Å². The van der Waals surface area contributed by atoms with Crippen LogP contribution in [0.5, 0.6) is 5.75 Å². The van der Waals surface area contributed by atoms with Crippen molar-refractivity contribution >= 4 is 17.4 Å². The molecule has 1 unspecified atom stereocenters. The van der Waals surface area contributed by atoms with Crippen molar-refractivity contribution in [1.82, 2.24) is 9.88 Å². The summed E-state index contributed by atoms with van der Waals surface area (Å²) in [5.41, 5.74) is 1.85. The number of hydrogen-bond acceptors (Lipinski definition) is 5. The van der Waals surface area contributed by atoms with Gasteiger partial charge < -0.3 is 14.7 Å². The van der Waals surface area contributed by atoms with Crippen LogP contribution in [0, 0.1) is 5.82 Å². The zero-order chi connectivity index (χ0) is 22.7. The average Bonchev–Trinajstić information content (AvgIpc) is 3.08. The Kier molecular flexibility index (Phi) is 5.98. The number of Topliss-reactive ketones (excluding diaryl/α,β-unsaturated/α-hetero) is 1. The highest BCUT2D eigenvalue weighted by Gasteiger charge is 2.45. The molecule has 2 aromatic carbocycles. The van der Waals surface area contributed by atoms with Crippen LogP contribution in [-0.4, -0.2) is 40.3 Å². The van der Waals surface area contributed by atoms with Crippen molar-refractivity contribution in [2.75, 3.05) is 13.7 Å². The number of likely N-dealkylation sites (tertiary alicyclic amines) is 1. The maximum atomic E-state index is 13.2. The lowest BCUT2D eigenvalue weighted by molar-refractivity contribution is -0.139. The molecule has 1 aliphatic rings. The van der Waals surface area contributed by atoms with E-state index < -0.39 is 17.7 Å². The number of carbonyl (C=O) groups excluding carboxylic acids is 2. The lowest BCUT2D eigenvalue weighted by Gasteiger charge is -2.25. The van der Waals surface area contributed by atoms with Crippen LogP contribution in [0.3, 0.4) is 0 Å². The third-order valence-corrected chi connectivity index (χ3v) is 5.46. The van der Waals surface area contributed by atoms with Crippen LogP contribution in [0.1, 0.15) is 22.7 Å². The van der Waals surface area contributed by atoms with Crippen molar-refractivity contribution in [1.29, 1.82) is 0 Å². The van der Waals surface area contributed by atoms with E-state index >= 15 is 0 Å². The van der Waals surface area contributed by atoms with Gasteiger partial charge in [0.25, 0.3) is 11.7 Å². The van der Waals surface area contributed by atoms with E-state index in [4.69, 9.17) is 4.74 Å². The number of aliphatic hydroxyl groups excluding tert-OH is 1. The number of pyridine rings is 1. The summed E-state index contributed by atoms with van der Waals surface area (Å²) in [5.74, 6) is -1.46. The van der Waals surface area contributed by atoms with Gasteiger partial charge in [0.15, 0.2) is 0 Å². The molecular formula is C25H21FN2O4. The Bertz CT molecular complexity index is 1160. The maximum Gasteiger partial charge on any atom is 0.295 e. The predicted octanol–water partition coefficient (Wildman–Crippen LogP) is 3.89. The van der Waals surface area contributed by atoms with E-state index in [1.807, 2.05) is 0 Å². The van der Waals surface area contributed by atoms with Crippen molar-refractivity contribution < 1.29 is 23.8 Å². The second-order valence-corrected chi connectivity index (χ2v) is 7.38. The molecule has 1 aliphatic heterocycles. The molecule has 162 valence electrons. The highest BCUT2D eigenvalue weighted by Crippen LogP contribution is 2.39. The van der Waals surface area contributed by atoms with Gasteiger partial charge in [-0.2, -0.15) is 0 Å².